The lowest BCUT2D eigenvalue weighted by Gasteiger charge is -2.19. The molecule has 148 valence electrons. The molecule has 0 spiro atoms. The smallest absolute Gasteiger partial charge is 0.251 e. The highest BCUT2D eigenvalue weighted by atomic mass is 32.2. The predicted molar refractivity (Wildman–Crippen MR) is 111 cm³/mol. The molecule has 6 nitrogen and oxygen atoms in total. The van der Waals surface area contributed by atoms with Gasteiger partial charge >= 0.3 is 0 Å². The SMILES string of the molecule is CC(C)CC(NC(=O)c1cccc(CS(C)(=O)=O)c1)c1nc2ccccc2[nH]1. The summed E-state index contributed by atoms with van der Waals surface area (Å²) in [5.74, 6) is 0.736. The van der Waals surface area contributed by atoms with Crippen LogP contribution in [-0.2, 0) is 15.6 Å². The van der Waals surface area contributed by atoms with Gasteiger partial charge in [-0.1, -0.05) is 38.1 Å². The van der Waals surface area contributed by atoms with Crippen LogP contribution in [0.2, 0.25) is 0 Å². The van der Waals surface area contributed by atoms with Crippen molar-refractivity contribution in [3.05, 3.63) is 65.5 Å². The highest BCUT2D eigenvalue weighted by molar-refractivity contribution is 7.89. The van der Waals surface area contributed by atoms with Crippen molar-refractivity contribution < 1.29 is 13.2 Å². The third-order valence-electron chi connectivity index (χ3n) is 4.37. The second kappa shape index (κ2) is 8.14. The van der Waals surface area contributed by atoms with E-state index in [9.17, 15) is 13.2 Å². The molecule has 2 aromatic carbocycles. The molecule has 0 fully saturated rings. The molecule has 0 aliphatic carbocycles. The number of nitrogens with zero attached hydrogens (tertiary/aromatic N) is 1. The number of sulfone groups is 1. The summed E-state index contributed by atoms with van der Waals surface area (Å²) in [5.41, 5.74) is 2.82. The standard InChI is InChI=1S/C21H25N3O3S/c1-14(2)11-19(20-22-17-9-4-5-10-18(17)23-20)24-21(25)16-8-6-7-15(12-16)13-28(3,26)27/h4-10,12,14,19H,11,13H2,1-3H3,(H,22,23)(H,24,25). The Morgan fingerprint density at radius 3 is 2.57 bits per heavy atom. The van der Waals surface area contributed by atoms with Crippen molar-refractivity contribution in [1.29, 1.82) is 0 Å². The number of fused-ring (bicyclic) bond motifs is 1. The van der Waals surface area contributed by atoms with Crippen molar-refractivity contribution in [2.24, 2.45) is 5.92 Å². The minimum atomic E-state index is -3.16. The van der Waals surface area contributed by atoms with Gasteiger partial charge in [-0.05, 0) is 42.2 Å². The van der Waals surface area contributed by atoms with Crippen LogP contribution in [-0.4, -0.2) is 30.5 Å². The van der Waals surface area contributed by atoms with Crippen LogP contribution in [0.3, 0.4) is 0 Å². The third kappa shape index (κ3) is 5.19. The molecule has 0 aliphatic heterocycles. The zero-order valence-corrected chi connectivity index (χ0v) is 17.1. The van der Waals surface area contributed by atoms with E-state index in [1.54, 1.807) is 24.3 Å². The summed E-state index contributed by atoms with van der Waals surface area (Å²) >= 11 is 0. The zero-order valence-electron chi connectivity index (χ0n) is 16.3. The first-order valence-corrected chi connectivity index (χ1v) is 11.3. The monoisotopic (exact) mass is 399 g/mol. The lowest BCUT2D eigenvalue weighted by molar-refractivity contribution is 0.0930. The van der Waals surface area contributed by atoms with Crippen molar-refractivity contribution in [2.45, 2.75) is 32.1 Å². The fraction of sp³-hybridized carbons (Fsp3) is 0.333. The molecule has 2 N–H and O–H groups in total. The molecule has 1 unspecified atom stereocenters. The molecule has 1 aromatic heterocycles. The third-order valence-corrected chi connectivity index (χ3v) is 5.23. The Balaban J connectivity index is 1.84. The number of nitrogens with one attached hydrogen (secondary N) is 2. The van der Waals surface area contributed by atoms with E-state index in [-0.39, 0.29) is 17.7 Å². The molecule has 28 heavy (non-hydrogen) atoms. The summed E-state index contributed by atoms with van der Waals surface area (Å²) in [4.78, 5) is 20.8. The highest BCUT2D eigenvalue weighted by Crippen LogP contribution is 2.22. The Morgan fingerprint density at radius 1 is 1.14 bits per heavy atom. The molecule has 0 saturated heterocycles. The maximum atomic E-state index is 12.8. The van der Waals surface area contributed by atoms with Crippen LogP contribution in [0.5, 0.6) is 0 Å². The van der Waals surface area contributed by atoms with Gasteiger partial charge in [0.1, 0.15) is 5.82 Å². The second-order valence-electron chi connectivity index (χ2n) is 7.57. The van der Waals surface area contributed by atoms with Crippen LogP contribution >= 0.6 is 0 Å². The van der Waals surface area contributed by atoms with Crippen LogP contribution in [0.25, 0.3) is 11.0 Å². The van der Waals surface area contributed by atoms with Crippen molar-refractivity contribution in [1.82, 2.24) is 15.3 Å². The van der Waals surface area contributed by atoms with E-state index >= 15 is 0 Å². The minimum absolute atomic E-state index is 0.0902. The molecule has 0 aliphatic rings. The lowest BCUT2D eigenvalue weighted by atomic mass is 10.0. The Hall–Kier alpha value is -2.67. The van der Waals surface area contributed by atoms with Gasteiger partial charge in [0, 0.05) is 11.8 Å². The van der Waals surface area contributed by atoms with Crippen LogP contribution in [0, 0.1) is 5.92 Å². The number of hydrogen-bond acceptors (Lipinski definition) is 4. The summed E-state index contributed by atoms with van der Waals surface area (Å²) < 4.78 is 23.1. The van der Waals surface area contributed by atoms with E-state index in [2.05, 4.69) is 29.1 Å². The molecular formula is C21H25N3O3S. The van der Waals surface area contributed by atoms with Crippen LogP contribution in [0.1, 0.15) is 48.1 Å². The maximum Gasteiger partial charge on any atom is 0.251 e. The van der Waals surface area contributed by atoms with Gasteiger partial charge < -0.3 is 10.3 Å². The Bertz CT molecular complexity index is 1050. The quantitative estimate of drug-likeness (QED) is 0.635. The van der Waals surface area contributed by atoms with E-state index in [1.165, 1.54) is 6.26 Å². The fourth-order valence-electron chi connectivity index (χ4n) is 3.19. The molecule has 3 rings (SSSR count). The van der Waals surface area contributed by atoms with Gasteiger partial charge in [0.05, 0.1) is 22.8 Å². The first kappa shape index (κ1) is 20.1. The van der Waals surface area contributed by atoms with Gasteiger partial charge in [-0.15, -0.1) is 0 Å². The number of para-hydroxylation sites is 2. The summed E-state index contributed by atoms with van der Waals surface area (Å²) in [6, 6.07) is 14.2. The van der Waals surface area contributed by atoms with Crippen LogP contribution in [0.15, 0.2) is 48.5 Å². The molecule has 1 amide bonds. The van der Waals surface area contributed by atoms with Gasteiger partial charge in [-0.3, -0.25) is 4.79 Å². The zero-order chi connectivity index (χ0) is 20.3. The Kier molecular flexibility index (Phi) is 5.84. The molecule has 1 atom stereocenters. The van der Waals surface area contributed by atoms with Crippen molar-refractivity contribution in [2.75, 3.05) is 6.26 Å². The highest BCUT2D eigenvalue weighted by Gasteiger charge is 2.21. The second-order valence-corrected chi connectivity index (χ2v) is 9.71. The van der Waals surface area contributed by atoms with E-state index in [0.29, 0.717) is 17.0 Å². The Labute approximate surface area is 165 Å². The number of aromatic nitrogens is 2. The fourth-order valence-corrected chi connectivity index (χ4v) is 3.98. The van der Waals surface area contributed by atoms with Crippen molar-refractivity contribution >= 4 is 26.8 Å². The van der Waals surface area contributed by atoms with Gasteiger partial charge in [0.2, 0.25) is 0 Å². The molecule has 0 saturated carbocycles. The first-order chi connectivity index (χ1) is 13.2. The summed E-state index contributed by atoms with van der Waals surface area (Å²) in [5, 5.41) is 3.05. The molecule has 7 heteroatoms. The Morgan fingerprint density at radius 2 is 1.89 bits per heavy atom. The van der Waals surface area contributed by atoms with E-state index in [0.717, 1.165) is 23.3 Å². The van der Waals surface area contributed by atoms with E-state index in [1.807, 2.05) is 24.3 Å². The number of carbonyl (C=O) groups excluding carboxylic acids is 1. The van der Waals surface area contributed by atoms with Crippen molar-refractivity contribution in [3.8, 4) is 0 Å². The number of carbonyl (C=O) groups is 1. The van der Waals surface area contributed by atoms with Crippen molar-refractivity contribution in [3.63, 3.8) is 0 Å². The number of hydrogen-bond donors (Lipinski definition) is 2. The summed E-state index contributed by atoms with van der Waals surface area (Å²) in [6.07, 6.45) is 1.91. The average molecular weight is 400 g/mol. The number of H-pyrrole nitrogens is 1. The molecular weight excluding hydrogens is 374 g/mol. The largest absolute Gasteiger partial charge is 0.342 e. The summed E-state index contributed by atoms with van der Waals surface area (Å²) in [6.45, 7) is 4.18. The van der Waals surface area contributed by atoms with Gasteiger partial charge in [0.25, 0.3) is 5.91 Å². The average Bonchev–Trinajstić information content (AvgIpc) is 3.03. The van der Waals surface area contributed by atoms with Gasteiger partial charge in [0.15, 0.2) is 9.84 Å². The molecule has 0 bridgehead atoms. The lowest BCUT2D eigenvalue weighted by Crippen LogP contribution is -2.30. The molecule has 3 aromatic rings. The molecule has 1 heterocycles. The number of rotatable bonds is 7. The van der Waals surface area contributed by atoms with Crippen LogP contribution in [0.4, 0.5) is 0 Å². The number of imidazole rings is 1. The normalized spacial score (nSPS) is 13.0. The van der Waals surface area contributed by atoms with E-state index in [4.69, 9.17) is 0 Å². The van der Waals surface area contributed by atoms with E-state index < -0.39 is 9.84 Å². The topological polar surface area (TPSA) is 91.9 Å². The number of benzene rings is 2. The molecule has 0 radical (unpaired) electrons. The minimum Gasteiger partial charge on any atom is -0.342 e. The van der Waals surface area contributed by atoms with Gasteiger partial charge in [-0.25, -0.2) is 13.4 Å². The summed E-state index contributed by atoms with van der Waals surface area (Å²) in [7, 11) is -3.16. The van der Waals surface area contributed by atoms with Crippen LogP contribution < -0.4 is 5.32 Å². The predicted octanol–water partition coefficient (Wildman–Crippen LogP) is 3.62. The number of aromatic amines is 1. The van der Waals surface area contributed by atoms with Gasteiger partial charge in [-0.2, -0.15) is 0 Å². The number of amides is 1. The first-order valence-electron chi connectivity index (χ1n) is 9.23. The maximum absolute atomic E-state index is 12.8.